The van der Waals surface area contributed by atoms with Crippen molar-refractivity contribution in [3.8, 4) is 0 Å². The molecule has 506 valence electrons. The fraction of sp³-hybridized carbons (Fsp3) is 0.737. The van der Waals surface area contributed by atoms with E-state index in [4.69, 9.17) is 11.5 Å². The van der Waals surface area contributed by atoms with Crippen molar-refractivity contribution < 1.29 is 87.2 Å². The van der Waals surface area contributed by atoms with E-state index in [2.05, 4.69) is 47.9 Å². The third kappa shape index (κ3) is 24.9. The molecule has 17 N–H and O–H groups in total. The molecule has 12 amide bonds. The Morgan fingerprint density at radius 2 is 1.02 bits per heavy atom. The van der Waals surface area contributed by atoms with Gasteiger partial charge in [0, 0.05) is 25.9 Å². The van der Waals surface area contributed by atoms with Gasteiger partial charge in [0.25, 0.3) is 0 Å². The SMILES string of the molecule is CSCC[C@H](NC(=O)[C@H](CC(C)C)NC(=O)[C@@H]1CCCN1C(=O)[C@@H](NC(=O)[C@@H]1CCCN1C(=O)[C@H](CCC(=O)O)NC(=O)[C@H](C)NC(=O)[C@H](C)NC(=O)[C@@H]1CCCN1)C(C)C)C(=O)N[C@@H](CCCCN)C(=O)N[C@@H](CCC(N)=O)C(=O)N[C@@H](CC(=O)O)C(=O)O. The minimum absolute atomic E-state index is 0.0200. The predicted octanol–water partition coefficient (Wildman–Crippen LogP) is -3.60. The molecule has 0 saturated carbocycles. The molecule has 3 heterocycles. The molecule has 0 radical (unpaired) electrons. The van der Waals surface area contributed by atoms with Crippen LogP contribution >= 0.6 is 11.8 Å². The molecule has 3 aliphatic heterocycles. The smallest absolute Gasteiger partial charge is 0.326 e. The van der Waals surface area contributed by atoms with Crippen LogP contribution in [0.25, 0.3) is 0 Å². The number of likely N-dealkylation sites (tertiary alicyclic amines) is 2. The number of nitrogens with one attached hydrogen (secondary N) is 10. The van der Waals surface area contributed by atoms with E-state index in [0.29, 0.717) is 38.0 Å². The van der Waals surface area contributed by atoms with Gasteiger partial charge >= 0.3 is 17.9 Å². The summed E-state index contributed by atoms with van der Waals surface area (Å²) in [7, 11) is 0. The topological polar surface area (TPSA) is 496 Å². The van der Waals surface area contributed by atoms with Gasteiger partial charge in [-0.25, -0.2) is 4.79 Å². The second-order valence-corrected chi connectivity index (χ2v) is 24.6. The highest BCUT2D eigenvalue weighted by atomic mass is 32.2. The second kappa shape index (κ2) is 38.1. The number of hydrogen-bond donors (Lipinski definition) is 15. The van der Waals surface area contributed by atoms with E-state index in [1.807, 2.05) is 5.32 Å². The highest BCUT2D eigenvalue weighted by Gasteiger charge is 2.44. The Hall–Kier alpha value is -7.68. The number of carboxylic acid groups (broad SMARTS) is 3. The van der Waals surface area contributed by atoms with Crippen LogP contribution in [0, 0.1) is 11.8 Å². The van der Waals surface area contributed by atoms with Gasteiger partial charge in [-0.05, 0) is 134 Å². The molecule has 0 spiro atoms. The lowest BCUT2D eigenvalue weighted by molar-refractivity contribution is -0.147. The summed E-state index contributed by atoms with van der Waals surface area (Å²) >= 11 is 1.34. The number of nitrogens with zero attached hydrogens (tertiary/aromatic N) is 2. The summed E-state index contributed by atoms with van der Waals surface area (Å²) in [6.45, 7) is 10.7. The van der Waals surface area contributed by atoms with Crippen LogP contribution in [-0.4, -0.2) is 225 Å². The van der Waals surface area contributed by atoms with Crippen LogP contribution in [0.5, 0.6) is 0 Å². The zero-order valence-electron chi connectivity index (χ0n) is 52.4. The van der Waals surface area contributed by atoms with Crippen LogP contribution in [0.3, 0.4) is 0 Å². The molecular weight excluding hydrogens is 1200 g/mol. The Labute approximate surface area is 527 Å². The van der Waals surface area contributed by atoms with Gasteiger partial charge in [-0.15, -0.1) is 0 Å². The number of thioether (sulfide) groups is 1. The highest BCUT2D eigenvalue weighted by molar-refractivity contribution is 7.98. The number of rotatable bonds is 39. The lowest BCUT2D eigenvalue weighted by Gasteiger charge is -2.33. The number of carbonyl (C=O) groups is 15. The maximum Gasteiger partial charge on any atom is 0.326 e. The van der Waals surface area contributed by atoms with Crippen molar-refractivity contribution in [3.63, 3.8) is 0 Å². The van der Waals surface area contributed by atoms with Crippen LogP contribution in [0.2, 0.25) is 0 Å². The molecule has 33 heteroatoms. The molecule has 0 aliphatic carbocycles. The van der Waals surface area contributed by atoms with E-state index in [1.54, 1.807) is 34.0 Å². The molecule has 0 aromatic heterocycles. The van der Waals surface area contributed by atoms with Crippen molar-refractivity contribution in [3.05, 3.63) is 0 Å². The van der Waals surface area contributed by atoms with Crippen molar-refractivity contribution in [2.24, 2.45) is 23.3 Å². The van der Waals surface area contributed by atoms with Crippen molar-refractivity contribution in [2.75, 3.05) is 38.2 Å². The number of nitrogens with two attached hydrogens (primary N) is 2. The van der Waals surface area contributed by atoms with Gasteiger partial charge in [0.2, 0.25) is 70.9 Å². The normalized spacial score (nSPS) is 19.3. The zero-order valence-corrected chi connectivity index (χ0v) is 53.2. The van der Waals surface area contributed by atoms with E-state index in [1.165, 1.54) is 35.4 Å². The number of aliphatic carboxylic acids is 3. The van der Waals surface area contributed by atoms with Crippen molar-refractivity contribution in [2.45, 2.75) is 217 Å². The van der Waals surface area contributed by atoms with Crippen LogP contribution in [0.4, 0.5) is 0 Å². The molecule has 0 aromatic carbocycles. The summed E-state index contributed by atoms with van der Waals surface area (Å²) in [6.07, 6.45) is 1.97. The minimum atomic E-state index is -1.91. The van der Waals surface area contributed by atoms with E-state index < -0.39 is 187 Å². The molecule has 0 bridgehead atoms. The molecule has 12 atom stereocenters. The Bertz CT molecular complexity index is 2570. The summed E-state index contributed by atoms with van der Waals surface area (Å²) in [5, 5.41) is 54.2. The summed E-state index contributed by atoms with van der Waals surface area (Å²) < 4.78 is 0. The van der Waals surface area contributed by atoms with Crippen molar-refractivity contribution >= 4 is 101 Å². The van der Waals surface area contributed by atoms with Gasteiger partial charge in [-0.3, -0.25) is 67.1 Å². The summed E-state index contributed by atoms with van der Waals surface area (Å²) in [5.41, 5.74) is 11.0. The largest absolute Gasteiger partial charge is 0.481 e. The van der Waals surface area contributed by atoms with Gasteiger partial charge in [0.05, 0.1) is 12.5 Å². The average molecular weight is 1300 g/mol. The Balaban J connectivity index is 1.79. The summed E-state index contributed by atoms with van der Waals surface area (Å²) in [6, 6.07) is -15.3. The number of carbonyl (C=O) groups excluding carboxylic acids is 12. The molecule has 90 heavy (non-hydrogen) atoms. The van der Waals surface area contributed by atoms with E-state index >= 15 is 0 Å². The molecule has 3 aliphatic rings. The first-order chi connectivity index (χ1) is 42.4. The molecule has 0 aromatic rings. The monoisotopic (exact) mass is 1290 g/mol. The Morgan fingerprint density at radius 3 is 1.52 bits per heavy atom. The number of hydrogen-bond acceptors (Lipinski definition) is 18. The van der Waals surface area contributed by atoms with Gasteiger partial charge < -0.3 is 89.8 Å². The first-order valence-corrected chi connectivity index (χ1v) is 32.0. The lowest BCUT2D eigenvalue weighted by atomic mass is 10.00. The third-order valence-corrected chi connectivity index (χ3v) is 16.2. The molecular formula is C57H94N14O18S. The van der Waals surface area contributed by atoms with Crippen LogP contribution in [-0.2, 0) is 71.9 Å². The second-order valence-electron chi connectivity index (χ2n) is 23.7. The third-order valence-electron chi connectivity index (χ3n) is 15.5. The molecule has 32 nitrogen and oxygen atoms in total. The van der Waals surface area contributed by atoms with E-state index in [0.717, 1.165) is 6.42 Å². The molecule has 0 unspecified atom stereocenters. The Morgan fingerprint density at radius 1 is 0.522 bits per heavy atom. The van der Waals surface area contributed by atoms with E-state index in [9.17, 15) is 87.2 Å². The van der Waals surface area contributed by atoms with Gasteiger partial charge in [-0.1, -0.05) is 27.7 Å². The first-order valence-electron chi connectivity index (χ1n) is 30.6. The van der Waals surface area contributed by atoms with Crippen LogP contribution in [0.1, 0.15) is 144 Å². The molecule has 3 fully saturated rings. The number of carboxylic acids is 3. The highest BCUT2D eigenvalue weighted by Crippen LogP contribution is 2.24. The summed E-state index contributed by atoms with van der Waals surface area (Å²) in [4.78, 5) is 201. The van der Waals surface area contributed by atoms with Gasteiger partial charge in [-0.2, -0.15) is 11.8 Å². The molecule has 3 rings (SSSR count). The molecule has 3 saturated heterocycles. The van der Waals surface area contributed by atoms with Crippen LogP contribution < -0.4 is 64.6 Å². The van der Waals surface area contributed by atoms with E-state index in [-0.39, 0.29) is 76.4 Å². The number of unbranched alkanes of at least 4 members (excludes halogenated alkanes) is 1. The standard InChI is InChI=1S/C57H94N14O18S/c1-29(2)27-38(52(83)65-36(21-26-90-7)51(82)63-34(13-8-9-22-58)49(80)64-35(17-19-42(59)72)50(81)68-39(57(88)89)28-44(75)76)67-53(84)40-15-12-25-71(40)56(87)45(30(3)4)69-54(85)41-16-11-24-70(41)55(86)37(18-20-43(73)74)66-47(78)32(6)61-46(77)31(5)62-48(79)33-14-10-23-60-33/h29-41,45,60H,8-28,58H2,1-7H3,(H2,59,72)(H,61,77)(H,62,79)(H,63,82)(H,64,80)(H,65,83)(H,66,78)(H,67,84)(H,68,81)(H,69,85)(H,73,74)(H,75,76)(H,88,89)/t31-,32-,33-,34-,35-,36-,37-,38-,39-,40-,41-,45-/m0/s1. The number of amides is 12. The minimum Gasteiger partial charge on any atom is -0.481 e. The Kier molecular flexibility index (Phi) is 32.4. The average Bonchev–Trinajstić information content (AvgIpc) is 1.89. The first kappa shape index (κ1) is 76.6. The van der Waals surface area contributed by atoms with Crippen molar-refractivity contribution in [1.82, 2.24) is 63.0 Å². The maximum atomic E-state index is 14.6. The quantitative estimate of drug-likeness (QED) is 0.0264. The number of primary amides is 1. The maximum absolute atomic E-state index is 14.6. The summed E-state index contributed by atoms with van der Waals surface area (Å²) in [5.74, 6) is -14.4. The predicted molar refractivity (Wildman–Crippen MR) is 325 cm³/mol. The fourth-order valence-electron chi connectivity index (χ4n) is 10.5. The van der Waals surface area contributed by atoms with Crippen LogP contribution in [0.15, 0.2) is 0 Å². The van der Waals surface area contributed by atoms with Gasteiger partial charge in [0.1, 0.15) is 66.5 Å². The van der Waals surface area contributed by atoms with Gasteiger partial charge in [0.15, 0.2) is 0 Å². The zero-order chi connectivity index (χ0) is 67.5. The van der Waals surface area contributed by atoms with Crippen molar-refractivity contribution in [1.29, 1.82) is 0 Å². The lowest BCUT2D eigenvalue weighted by Crippen LogP contribution is -2.61. The fourth-order valence-corrected chi connectivity index (χ4v) is 11.0.